The molecule has 1 fully saturated rings. The largest absolute Gasteiger partial charge is 0.481 e. The van der Waals surface area contributed by atoms with E-state index in [1.54, 1.807) is 0 Å². The number of rotatable bonds is 13. The van der Waals surface area contributed by atoms with Crippen LogP contribution < -0.4 is 0 Å². The monoisotopic (exact) mass is 434 g/mol. The third-order valence-electron chi connectivity index (χ3n) is 6.61. The van der Waals surface area contributed by atoms with Crippen molar-refractivity contribution in [2.75, 3.05) is 0 Å². The average molecular weight is 435 g/mol. The molecule has 0 aromatic rings. The first-order valence-corrected chi connectivity index (χ1v) is 11.6. The van der Waals surface area contributed by atoms with E-state index < -0.39 is 18.0 Å². The summed E-state index contributed by atoms with van der Waals surface area (Å²) in [4.78, 5) is 22.1. The molecule has 2 aliphatic rings. The highest BCUT2D eigenvalue weighted by molar-refractivity contribution is 5.67. The fourth-order valence-corrected chi connectivity index (χ4v) is 4.82. The number of aliphatic carboxylic acids is 1. The lowest BCUT2D eigenvalue weighted by Gasteiger charge is -2.45. The van der Waals surface area contributed by atoms with Gasteiger partial charge in [-0.1, -0.05) is 44.1 Å². The highest BCUT2D eigenvalue weighted by Gasteiger charge is 2.41. The average Bonchev–Trinajstić information content (AvgIpc) is 2.94. The summed E-state index contributed by atoms with van der Waals surface area (Å²) in [7, 11) is 0. The maximum atomic E-state index is 11.5. The first kappa shape index (κ1) is 25.3. The fraction of sp³-hybridized carbons (Fsp3) is 0.680. The summed E-state index contributed by atoms with van der Waals surface area (Å²) in [5.74, 6) is -0.945. The van der Waals surface area contributed by atoms with Gasteiger partial charge in [0, 0.05) is 25.7 Å². The summed E-state index contributed by atoms with van der Waals surface area (Å²) < 4.78 is 5.36. The number of aliphatic hydroxyl groups is 2. The molecular weight excluding hydrogens is 396 g/mol. The smallest absolute Gasteiger partial charge is 0.307 e. The molecule has 0 aromatic carbocycles. The first-order valence-electron chi connectivity index (χ1n) is 11.6. The van der Waals surface area contributed by atoms with Crippen molar-refractivity contribution in [1.29, 1.82) is 0 Å². The summed E-state index contributed by atoms with van der Waals surface area (Å²) in [6.45, 7) is 3.50. The highest BCUT2D eigenvalue weighted by atomic mass is 16.5. The van der Waals surface area contributed by atoms with Crippen LogP contribution in [-0.4, -0.2) is 39.5 Å². The van der Waals surface area contributed by atoms with Crippen molar-refractivity contribution in [1.82, 2.24) is 0 Å². The quantitative estimate of drug-likeness (QED) is 0.221. The third kappa shape index (κ3) is 7.32. The summed E-state index contributed by atoms with van der Waals surface area (Å²) in [5, 5.41) is 30.0. The van der Waals surface area contributed by atoms with Crippen molar-refractivity contribution in [2.45, 2.75) is 96.7 Å². The van der Waals surface area contributed by atoms with Gasteiger partial charge in [-0.2, -0.15) is 0 Å². The minimum atomic E-state index is -0.804. The SMILES string of the molecule is CCCC1(C(O)CC=C[C@@H]2C(CC=CCCCC(=O)O)=C(OC(C)=O)C[C@H]2O)CCC1. The van der Waals surface area contributed by atoms with Gasteiger partial charge in [-0.25, -0.2) is 0 Å². The second-order valence-corrected chi connectivity index (χ2v) is 8.95. The molecule has 0 heterocycles. The molecule has 0 spiro atoms. The number of carbonyl (C=O) groups excluding carboxylic acids is 1. The number of hydrogen-bond acceptors (Lipinski definition) is 5. The lowest BCUT2D eigenvalue weighted by molar-refractivity contribution is -0.138. The van der Waals surface area contributed by atoms with Crippen LogP contribution in [0.25, 0.3) is 0 Å². The van der Waals surface area contributed by atoms with Crippen LogP contribution >= 0.6 is 0 Å². The number of unbranched alkanes of at least 4 members (excludes halogenated alkanes) is 1. The molecule has 1 unspecified atom stereocenters. The van der Waals surface area contributed by atoms with Gasteiger partial charge in [0.1, 0.15) is 5.76 Å². The number of carboxylic acid groups (broad SMARTS) is 1. The number of esters is 1. The normalized spacial score (nSPS) is 24.0. The van der Waals surface area contributed by atoms with Gasteiger partial charge in [-0.05, 0) is 55.9 Å². The number of hydrogen-bond donors (Lipinski definition) is 3. The topological polar surface area (TPSA) is 104 Å². The molecule has 0 radical (unpaired) electrons. The molecule has 1 saturated carbocycles. The van der Waals surface area contributed by atoms with E-state index in [1.807, 2.05) is 24.3 Å². The van der Waals surface area contributed by atoms with Crippen LogP contribution in [0.3, 0.4) is 0 Å². The Morgan fingerprint density at radius 2 is 2.00 bits per heavy atom. The maximum absolute atomic E-state index is 11.5. The van der Waals surface area contributed by atoms with Crippen molar-refractivity contribution in [2.24, 2.45) is 11.3 Å². The third-order valence-corrected chi connectivity index (χ3v) is 6.61. The van der Waals surface area contributed by atoms with E-state index in [4.69, 9.17) is 9.84 Å². The molecule has 0 bridgehead atoms. The Morgan fingerprint density at radius 3 is 2.58 bits per heavy atom. The zero-order valence-corrected chi connectivity index (χ0v) is 18.9. The van der Waals surface area contributed by atoms with E-state index in [-0.39, 0.29) is 23.9 Å². The Kier molecular flexibility index (Phi) is 9.97. The number of allylic oxidation sites excluding steroid dienone is 2. The Bertz CT molecular complexity index is 701. The Labute approximate surface area is 185 Å². The fourth-order valence-electron chi connectivity index (χ4n) is 4.82. The molecule has 0 aliphatic heterocycles. The van der Waals surface area contributed by atoms with Crippen LogP contribution in [0.2, 0.25) is 0 Å². The van der Waals surface area contributed by atoms with Crippen LogP contribution in [0, 0.1) is 11.3 Å². The number of carbonyl (C=O) groups is 2. The van der Waals surface area contributed by atoms with Crippen molar-refractivity contribution >= 4 is 11.9 Å². The van der Waals surface area contributed by atoms with Gasteiger partial charge in [0.15, 0.2) is 0 Å². The lowest BCUT2D eigenvalue weighted by atomic mass is 9.62. The van der Waals surface area contributed by atoms with Crippen molar-refractivity contribution in [3.05, 3.63) is 35.6 Å². The Hall–Kier alpha value is -1.92. The van der Waals surface area contributed by atoms with E-state index >= 15 is 0 Å². The number of ether oxygens (including phenoxy) is 1. The van der Waals surface area contributed by atoms with Crippen LogP contribution in [0.4, 0.5) is 0 Å². The van der Waals surface area contributed by atoms with Gasteiger partial charge in [-0.3, -0.25) is 9.59 Å². The van der Waals surface area contributed by atoms with Gasteiger partial charge in [0.25, 0.3) is 0 Å². The lowest BCUT2D eigenvalue weighted by Crippen LogP contribution is -2.41. The van der Waals surface area contributed by atoms with Crippen LogP contribution in [-0.2, 0) is 14.3 Å². The summed E-state index contributed by atoms with van der Waals surface area (Å²) in [6.07, 6.45) is 15.0. The minimum Gasteiger partial charge on any atom is -0.481 e. The van der Waals surface area contributed by atoms with Gasteiger partial charge in [0.2, 0.25) is 0 Å². The molecule has 6 heteroatoms. The van der Waals surface area contributed by atoms with Crippen molar-refractivity contribution in [3.8, 4) is 0 Å². The second-order valence-electron chi connectivity index (χ2n) is 8.95. The molecule has 2 aliphatic carbocycles. The predicted octanol–water partition coefficient (Wildman–Crippen LogP) is 4.66. The Morgan fingerprint density at radius 1 is 1.26 bits per heavy atom. The van der Waals surface area contributed by atoms with Crippen molar-refractivity contribution < 1.29 is 29.6 Å². The zero-order chi connectivity index (χ0) is 22.9. The molecular formula is C25H38O6. The number of aliphatic hydroxyl groups excluding tert-OH is 2. The van der Waals surface area contributed by atoms with Crippen molar-refractivity contribution in [3.63, 3.8) is 0 Å². The number of carboxylic acids is 1. The second kappa shape index (κ2) is 12.2. The molecule has 3 N–H and O–H groups in total. The van der Waals surface area contributed by atoms with E-state index in [0.29, 0.717) is 37.9 Å². The van der Waals surface area contributed by atoms with Gasteiger partial charge in [0.05, 0.1) is 12.2 Å². The van der Waals surface area contributed by atoms with Gasteiger partial charge in [-0.15, -0.1) is 0 Å². The van der Waals surface area contributed by atoms with Crippen LogP contribution in [0.1, 0.15) is 84.5 Å². The highest BCUT2D eigenvalue weighted by Crippen LogP contribution is 2.48. The molecule has 6 nitrogen and oxygen atoms in total. The first-order chi connectivity index (χ1) is 14.8. The molecule has 0 aromatic heterocycles. The predicted molar refractivity (Wildman–Crippen MR) is 119 cm³/mol. The van der Waals surface area contributed by atoms with Crippen LogP contribution in [0.5, 0.6) is 0 Å². The molecule has 2 rings (SSSR count). The van der Waals surface area contributed by atoms with Gasteiger partial charge < -0.3 is 20.1 Å². The molecule has 3 atom stereocenters. The molecule has 174 valence electrons. The summed E-state index contributed by atoms with van der Waals surface area (Å²) in [6, 6.07) is 0. The molecule has 0 saturated heterocycles. The maximum Gasteiger partial charge on any atom is 0.307 e. The standard InChI is InChI=1S/C25H38O6/c1-3-14-25(15-9-16-25)23(28)12-8-11-19-20(10-6-4-5-7-13-24(29)30)22(17-21(19)27)31-18(2)26/h4,6,8,11,19,21,23,27-28H,3,5,7,9-10,12-17H2,1-2H3,(H,29,30)/t19-,21-,23?/m1/s1. The van der Waals surface area contributed by atoms with E-state index in [2.05, 4.69) is 6.92 Å². The molecule has 31 heavy (non-hydrogen) atoms. The van der Waals surface area contributed by atoms with E-state index in [1.165, 1.54) is 13.3 Å². The summed E-state index contributed by atoms with van der Waals surface area (Å²) in [5.41, 5.74) is 0.919. The van der Waals surface area contributed by atoms with E-state index in [9.17, 15) is 19.8 Å². The Balaban J connectivity index is 2.01. The minimum absolute atomic E-state index is 0.0492. The van der Waals surface area contributed by atoms with Crippen LogP contribution in [0.15, 0.2) is 35.6 Å². The summed E-state index contributed by atoms with van der Waals surface area (Å²) >= 11 is 0. The van der Waals surface area contributed by atoms with Gasteiger partial charge >= 0.3 is 11.9 Å². The molecule has 0 amide bonds. The van der Waals surface area contributed by atoms with E-state index in [0.717, 1.165) is 31.3 Å². The zero-order valence-electron chi connectivity index (χ0n) is 18.9.